The van der Waals surface area contributed by atoms with Gasteiger partial charge in [0.1, 0.15) is 0 Å². The van der Waals surface area contributed by atoms with E-state index in [1.807, 2.05) is 0 Å². The monoisotopic (exact) mass is 554 g/mol. The van der Waals surface area contributed by atoms with E-state index < -0.39 is 0 Å². The largest absolute Gasteiger partial charge is 0.179 e. The zero-order valence-corrected chi connectivity index (χ0v) is 27.5. The first kappa shape index (κ1) is 35.7. The predicted octanol–water partition coefficient (Wildman–Crippen LogP) is 12.9. The molecule has 0 saturated heterocycles. The maximum Gasteiger partial charge on any atom is -0.00979 e. The van der Waals surface area contributed by atoms with Crippen LogP contribution in [-0.4, -0.2) is 11.5 Å². The lowest BCUT2D eigenvalue weighted by Crippen LogP contribution is -2.35. The minimum absolute atomic E-state index is 1.04. The second kappa shape index (κ2) is 26.9. The maximum atomic E-state index is 4.36. The Morgan fingerprint density at radius 1 is 0.378 bits per heavy atom. The third kappa shape index (κ3) is 18.6. The van der Waals surface area contributed by atoms with Gasteiger partial charge in [0.05, 0.1) is 0 Å². The fourth-order valence-corrected chi connectivity index (χ4v) is 7.85. The number of rotatable bonds is 27. The molecule has 0 amide bonds. The van der Waals surface area contributed by atoms with E-state index in [0.717, 1.165) is 35.2 Å². The van der Waals surface area contributed by atoms with Crippen molar-refractivity contribution >= 4 is 25.3 Å². The molecule has 0 radical (unpaired) electrons. The third-order valence-corrected chi connectivity index (χ3v) is 10.3. The van der Waals surface area contributed by atoms with E-state index >= 15 is 0 Å². The van der Waals surface area contributed by atoms with Crippen LogP contribution in [0.3, 0.4) is 0 Å². The van der Waals surface area contributed by atoms with E-state index in [2.05, 4.69) is 39.1 Å². The molecule has 0 bridgehead atoms. The predicted molar refractivity (Wildman–Crippen MR) is 178 cm³/mol. The Bertz CT molecular complexity index is 451. The molecule has 0 aliphatic heterocycles. The van der Waals surface area contributed by atoms with Crippen molar-refractivity contribution in [3.05, 3.63) is 0 Å². The van der Waals surface area contributed by atoms with Crippen LogP contribution in [0.1, 0.15) is 187 Å². The first-order chi connectivity index (χ1) is 18.3. The van der Waals surface area contributed by atoms with Gasteiger partial charge < -0.3 is 0 Å². The average Bonchev–Trinajstić information content (AvgIpc) is 2.91. The van der Waals surface area contributed by atoms with Gasteiger partial charge in [0, 0.05) is 0 Å². The molecule has 2 heteroatoms. The summed E-state index contributed by atoms with van der Waals surface area (Å²) < 4.78 is 0. The first-order valence-electron chi connectivity index (χ1n) is 17.5. The Morgan fingerprint density at radius 3 is 1.11 bits per heavy atom. The van der Waals surface area contributed by atoms with Crippen LogP contribution in [0.25, 0.3) is 0 Å². The summed E-state index contributed by atoms with van der Waals surface area (Å²) in [6.07, 6.45) is 39.5. The van der Waals surface area contributed by atoms with Crippen LogP contribution in [0.15, 0.2) is 0 Å². The second-order valence-electron chi connectivity index (χ2n) is 12.7. The summed E-state index contributed by atoms with van der Waals surface area (Å²) in [5, 5.41) is 0. The molecule has 0 aromatic rings. The molecule has 4 unspecified atom stereocenters. The lowest BCUT2D eigenvalue weighted by molar-refractivity contribution is 0.0584. The standard InChI is InChI=1S/C35H70S2/c1-3-5-7-20-26-34-32(24-6-4-2)28-29-33(25-19-15-11-10-14-18-23-31-37)35(34)27-21-16-12-8-9-13-17-22-30-36/h32-37H,3-31H2,1-2H3. The highest BCUT2D eigenvalue weighted by atomic mass is 32.1. The Balaban J connectivity index is 2.57. The molecule has 1 fully saturated rings. The molecule has 1 saturated carbocycles. The van der Waals surface area contributed by atoms with Crippen molar-refractivity contribution in [2.45, 2.75) is 187 Å². The molecule has 0 N–H and O–H groups in total. The molecule has 0 spiro atoms. The normalized spacial score (nSPS) is 22.1. The highest BCUT2D eigenvalue weighted by molar-refractivity contribution is 7.80. The average molecular weight is 555 g/mol. The smallest absolute Gasteiger partial charge is 0.00979 e. The number of hydrogen-bond donors (Lipinski definition) is 2. The van der Waals surface area contributed by atoms with E-state index in [1.165, 1.54) is 141 Å². The van der Waals surface area contributed by atoms with Crippen molar-refractivity contribution in [3.63, 3.8) is 0 Å². The molecule has 0 aromatic carbocycles. The van der Waals surface area contributed by atoms with Crippen LogP contribution in [0.5, 0.6) is 0 Å². The summed E-state index contributed by atoms with van der Waals surface area (Å²) in [5.74, 6) is 6.31. The second-order valence-corrected chi connectivity index (χ2v) is 13.6. The minimum Gasteiger partial charge on any atom is -0.179 e. The highest BCUT2D eigenvalue weighted by Gasteiger charge is 2.37. The van der Waals surface area contributed by atoms with Gasteiger partial charge in [0.15, 0.2) is 0 Å². The zero-order valence-electron chi connectivity index (χ0n) is 25.7. The van der Waals surface area contributed by atoms with Gasteiger partial charge in [-0.2, -0.15) is 25.3 Å². The summed E-state index contributed by atoms with van der Waals surface area (Å²) >= 11 is 8.72. The van der Waals surface area contributed by atoms with Gasteiger partial charge in [-0.25, -0.2) is 0 Å². The lowest BCUT2D eigenvalue weighted by atomic mass is 9.61. The Hall–Kier alpha value is 0.700. The van der Waals surface area contributed by atoms with E-state index in [4.69, 9.17) is 0 Å². The van der Waals surface area contributed by atoms with Crippen LogP contribution in [-0.2, 0) is 0 Å². The Kier molecular flexibility index (Phi) is 26.0. The number of thiol groups is 2. The molecule has 1 rings (SSSR count). The van der Waals surface area contributed by atoms with Crippen LogP contribution in [0, 0.1) is 23.7 Å². The summed E-state index contributed by atoms with van der Waals surface area (Å²) in [4.78, 5) is 0. The van der Waals surface area contributed by atoms with Crippen molar-refractivity contribution in [2.75, 3.05) is 11.5 Å². The van der Waals surface area contributed by atoms with Gasteiger partial charge in [-0.15, -0.1) is 0 Å². The first-order valence-corrected chi connectivity index (χ1v) is 18.8. The number of hydrogen-bond acceptors (Lipinski definition) is 2. The van der Waals surface area contributed by atoms with Gasteiger partial charge in [-0.3, -0.25) is 0 Å². The SMILES string of the molecule is CCCCCCC1C(CCCC)CCC(CCCCCCCCCS)C1CCCCCCCCCCS. The quantitative estimate of drug-likeness (QED) is 0.0732. The molecule has 1 aliphatic carbocycles. The van der Waals surface area contributed by atoms with Gasteiger partial charge in [0.25, 0.3) is 0 Å². The summed E-state index contributed by atoms with van der Waals surface area (Å²) in [6.45, 7) is 4.76. The summed E-state index contributed by atoms with van der Waals surface area (Å²) in [6, 6.07) is 0. The van der Waals surface area contributed by atoms with E-state index in [9.17, 15) is 0 Å². The fraction of sp³-hybridized carbons (Fsp3) is 1.00. The molecule has 222 valence electrons. The van der Waals surface area contributed by atoms with Gasteiger partial charge in [-0.05, 0) is 73.7 Å². The third-order valence-electron chi connectivity index (χ3n) is 9.67. The summed E-state index contributed by atoms with van der Waals surface area (Å²) in [5.41, 5.74) is 0. The van der Waals surface area contributed by atoms with E-state index in [-0.39, 0.29) is 0 Å². The molecule has 0 aromatic heterocycles. The molecular weight excluding hydrogens is 485 g/mol. The lowest BCUT2D eigenvalue weighted by Gasteiger charge is -2.44. The van der Waals surface area contributed by atoms with E-state index in [1.54, 1.807) is 32.1 Å². The molecule has 1 aliphatic rings. The Morgan fingerprint density at radius 2 is 0.703 bits per heavy atom. The van der Waals surface area contributed by atoms with Crippen molar-refractivity contribution in [1.29, 1.82) is 0 Å². The van der Waals surface area contributed by atoms with Gasteiger partial charge in [0.2, 0.25) is 0 Å². The van der Waals surface area contributed by atoms with Crippen LogP contribution in [0.4, 0.5) is 0 Å². The maximum absolute atomic E-state index is 4.36. The van der Waals surface area contributed by atoms with Crippen molar-refractivity contribution in [2.24, 2.45) is 23.7 Å². The van der Waals surface area contributed by atoms with Crippen LogP contribution in [0.2, 0.25) is 0 Å². The molecular formula is C35H70S2. The van der Waals surface area contributed by atoms with Crippen molar-refractivity contribution in [3.8, 4) is 0 Å². The van der Waals surface area contributed by atoms with Crippen molar-refractivity contribution < 1.29 is 0 Å². The van der Waals surface area contributed by atoms with Crippen LogP contribution < -0.4 is 0 Å². The minimum atomic E-state index is 1.04. The van der Waals surface area contributed by atoms with Gasteiger partial charge in [-0.1, -0.05) is 149 Å². The van der Waals surface area contributed by atoms with Crippen LogP contribution >= 0.6 is 25.3 Å². The topological polar surface area (TPSA) is 0 Å². The molecule has 0 nitrogen and oxygen atoms in total. The van der Waals surface area contributed by atoms with Crippen molar-refractivity contribution in [1.82, 2.24) is 0 Å². The van der Waals surface area contributed by atoms with Gasteiger partial charge >= 0.3 is 0 Å². The molecule has 4 atom stereocenters. The number of unbranched alkanes of at least 4 members (excludes halogenated alkanes) is 17. The highest BCUT2D eigenvalue weighted by Crippen LogP contribution is 2.47. The fourth-order valence-electron chi connectivity index (χ4n) is 7.40. The summed E-state index contributed by atoms with van der Waals surface area (Å²) in [7, 11) is 0. The molecule has 0 heterocycles. The zero-order chi connectivity index (χ0) is 26.8. The van der Waals surface area contributed by atoms with E-state index in [0.29, 0.717) is 0 Å². The Labute approximate surface area is 246 Å². The molecule has 37 heavy (non-hydrogen) atoms.